The molecule has 1 unspecified atom stereocenters. The van der Waals surface area contributed by atoms with Gasteiger partial charge in [-0.3, -0.25) is 5.01 Å². The number of fused-ring (bicyclic) bond motifs is 2. The summed E-state index contributed by atoms with van der Waals surface area (Å²) in [5.74, 6) is 0.700. The maximum Gasteiger partial charge on any atom is 0.229 e. The molecule has 0 bridgehead atoms. The summed E-state index contributed by atoms with van der Waals surface area (Å²) in [7, 11) is 1.81. The van der Waals surface area contributed by atoms with Gasteiger partial charge in [-0.05, 0) is 54.8 Å². The Morgan fingerprint density at radius 1 is 1.17 bits per heavy atom. The Morgan fingerprint density at radius 2 is 2.03 bits per heavy atom. The highest BCUT2D eigenvalue weighted by Gasteiger charge is 2.43. The minimum absolute atomic E-state index is 0.352. The first-order chi connectivity index (χ1) is 14.4. The van der Waals surface area contributed by atoms with E-state index < -0.39 is 5.66 Å². The van der Waals surface area contributed by atoms with E-state index in [1.807, 2.05) is 19.1 Å². The van der Waals surface area contributed by atoms with Crippen molar-refractivity contribution in [3.8, 4) is 0 Å². The Balaban J connectivity index is 1.47. The van der Waals surface area contributed by atoms with E-state index in [9.17, 15) is 4.39 Å². The number of nitrogens with zero attached hydrogens (tertiary/aromatic N) is 3. The summed E-state index contributed by atoms with van der Waals surface area (Å²) in [6, 6.07) is 11.3. The Labute approximate surface area is 174 Å². The third-order valence-corrected chi connectivity index (χ3v) is 5.75. The van der Waals surface area contributed by atoms with Gasteiger partial charge in [-0.1, -0.05) is 18.2 Å². The fourth-order valence-corrected chi connectivity index (χ4v) is 4.18. The number of aryl methyl sites for hydroxylation is 1. The molecule has 0 fully saturated rings. The summed E-state index contributed by atoms with van der Waals surface area (Å²) in [5.41, 5.74) is 13.9. The number of hydrazine groups is 1. The van der Waals surface area contributed by atoms with Crippen molar-refractivity contribution < 1.29 is 4.39 Å². The Morgan fingerprint density at radius 3 is 2.87 bits per heavy atom. The number of anilines is 3. The minimum atomic E-state index is -1.24. The average molecular weight is 405 g/mol. The molecular formula is C22H24FN7. The van der Waals surface area contributed by atoms with Crippen LogP contribution in [0.5, 0.6) is 0 Å². The van der Waals surface area contributed by atoms with Crippen molar-refractivity contribution in [2.45, 2.75) is 25.6 Å². The highest BCUT2D eigenvalue weighted by molar-refractivity contribution is 5.63. The maximum absolute atomic E-state index is 14.7. The molecule has 30 heavy (non-hydrogen) atoms. The number of nitrogens with two attached hydrogens (primary N) is 1. The molecule has 3 aromatic rings. The molecule has 1 atom stereocenters. The van der Waals surface area contributed by atoms with Gasteiger partial charge in [0.15, 0.2) is 5.82 Å². The van der Waals surface area contributed by atoms with Gasteiger partial charge in [0.1, 0.15) is 11.5 Å². The average Bonchev–Trinajstić information content (AvgIpc) is 2.98. The van der Waals surface area contributed by atoms with E-state index in [1.165, 1.54) is 17.2 Å². The van der Waals surface area contributed by atoms with Crippen LogP contribution in [0.1, 0.15) is 27.8 Å². The lowest BCUT2D eigenvalue weighted by Crippen LogP contribution is -2.52. The monoisotopic (exact) mass is 405 g/mol. The van der Waals surface area contributed by atoms with Gasteiger partial charge >= 0.3 is 0 Å². The molecule has 0 saturated heterocycles. The summed E-state index contributed by atoms with van der Waals surface area (Å²) >= 11 is 0. The number of hydrogen-bond acceptors (Lipinski definition) is 7. The van der Waals surface area contributed by atoms with Crippen molar-refractivity contribution in [1.29, 1.82) is 0 Å². The molecule has 3 heterocycles. The number of rotatable bonds is 3. The van der Waals surface area contributed by atoms with Crippen molar-refractivity contribution in [2.24, 2.45) is 5.73 Å². The summed E-state index contributed by atoms with van der Waals surface area (Å²) in [5, 5.41) is 8.36. The Bertz CT molecular complexity index is 1130. The largest absolute Gasteiger partial charge is 0.324 e. The summed E-state index contributed by atoms with van der Waals surface area (Å²) in [6.45, 7) is 3.71. The molecule has 2 aromatic carbocycles. The normalized spacial score (nSPS) is 20.1. The standard InChI is InChI=1S/C22H24FN7/c1-13-3-6-17(19(23)9-13)22(24)18-12-26-21(28-20(18)30(2)29-22)27-16-5-4-14-7-8-25-11-15(14)10-16/h3-6,9-10,12,25,29H,7-8,11,24H2,1-2H3,(H,26,27,28). The highest BCUT2D eigenvalue weighted by Crippen LogP contribution is 2.37. The van der Waals surface area contributed by atoms with Crippen LogP contribution in [-0.4, -0.2) is 23.6 Å². The van der Waals surface area contributed by atoms with Crippen LogP contribution in [0.15, 0.2) is 42.6 Å². The molecule has 0 radical (unpaired) electrons. The molecule has 7 nitrogen and oxygen atoms in total. The van der Waals surface area contributed by atoms with Gasteiger partial charge < -0.3 is 16.4 Å². The molecule has 0 spiro atoms. The molecule has 1 aromatic heterocycles. The molecule has 2 aliphatic rings. The van der Waals surface area contributed by atoms with Gasteiger partial charge in [-0.25, -0.2) is 14.8 Å². The fraction of sp³-hybridized carbons (Fsp3) is 0.273. The van der Waals surface area contributed by atoms with E-state index in [4.69, 9.17) is 5.73 Å². The predicted octanol–water partition coefficient (Wildman–Crippen LogP) is 2.43. The van der Waals surface area contributed by atoms with Crippen LogP contribution in [0.4, 0.5) is 21.8 Å². The number of aromatic nitrogens is 2. The number of nitrogens with one attached hydrogen (secondary N) is 3. The lowest BCUT2D eigenvalue weighted by molar-refractivity contribution is 0.423. The first-order valence-electron chi connectivity index (χ1n) is 9.98. The maximum atomic E-state index is 14.7. The van der Waals surface area contributed by atoms with Crippen molar-refractivity contribution in [2.75, 3.05) is 23.9 Å². The zero-order chi connectivity index (χ0) is 20.9. The second kappa shape index (κ2) is 7.02. The molecule has 2 aliphatic heterocycles. The molecule has 5 N–H and O–H groups in total. The smallest absolute Gasteiger partial charge is 0.229 e. The van der Waals surface area contributed by atoms with E-state index >= 15 is 0 Å². The molecule has 0 saturated carbocycles. The van der Waals surface area contributed by atoms with Gasteiger partial charge in [-0.15, -0.1) is 0 Å². The SMILES string of the molecule is Cc1ccc(C2(N)NN(C)c3nc(Nc4ccc5c(c4)CNCC5)ncc32)c(F)c1. The number of halogens is 1. The van der Waals surface area contributed by atoms with Gasteiger partial charge in [0.2, 0.25) is 5.95 Å². The summed E-state index contributed by atoms with van der Waals surface area (Å²) < 4.78 is 14.7. The first-order valence-corrected chi connectivity index (χ1v) is 9.98. The van der Waals surface area contributed by atoms with Crippen LogP contribution in [-0.2, 0) is 18.6 Å². The molecule has 154 valence electrons. The highest BCUT2D eigenvalue weighted by atomic mass is 19.1. The predicted molar refractivity (Wildman–Crippen MR) is 115 cm³/mol. The summed E-state index contributed by atoms with van der Waals surface area (Å²) in [6.07, 6.45) is 2.69. The number of hydrogen-bond donors (Lipinski definition) is 4. The third-order valence-electron chi connectivity index (χ3n) is 5.75. The van der Waals surface area contributed by atoms with Crippen LogP contribution in [0.3, 0.4) is 0 Å². The van der Waals surface area contributed by atoms with Crippen molar-refractivity contribution in [3.05, 3.63) is 76.2 Å². The topological polar surface area (TPSA) is 91.1 Å². The second-order valence-corrected chi connectivity index (χ2v) is 7.93. The van der Waals surface area contributed by atoms with Crippen LogP contribution in [0.25, 0.3) is 0 Å². The first kappa shape index (κ1) is 18.9. The van der Waals surface area contributed by atoms with Crippen LogP contribution in [0.2, 0.25) is 0 Å². The van der Waals surface area contributed by atoms with E-state index in [1.54, 1.807) is 24.3 Å². The molecule has 0 amide bonds. The van der Waals surface area contributed by atoms with Gasteiger partial charge in [0.25, 0.3) is 0 Å². The molecule has 5 rings (SSSR count). The zero-order valence-corrected chi connectivity index (χ0v) is 17.0. The second-order valence-electron chi connectivity index (χ2n) is 7.93. The Kier molecular flexibility index (Phi) is 4.43. The van der Waals surface area contributed by atoms with Crippen molar-refractivity contribution in [1.82, 2.24) is 20.7 Å². The van der Waals surface area contributed by atoms with E-state index in [0.29, 0.717) is 22.9 Å². The van der Waals surface area contributed by atoms with E-state index in [2.05, 4.69) is 38.2 Å². The Hall–Kier alpha value is -3.07. The van der Waals surface area contributed by atoms with Gasteiger partial charge in [0.05, 0.1) is 5.56 Å². The van der Waals surface area contributed by atoms with Crippen LogP contribution < -0.4 is 26.8 Å². The quantitative estimate of drug-likeness (QED) is 0.532. The minimum Gasteiger partial charge on any atom is -0.324 e. The van der Waals surface area contributed by atoms with E-state index in [0.717, 1.165) is 30.8 Å². The number of benzene rings is 2. The lowest BCUT2D eigenvalue weighted by Gasteiger charge is -2.27. The van der Waals surface area contributed by atoms with Crippen LogP contribution in [0, 0.1) is 12.7 Å². The molecule has 0 aliphatic carbocycles. The van der Waals surface area contributed by atoms with Gasteiger partial charge in [0, 0.05) is 31.0 Å². The molecular weight excluding hydrogens is 381 g/mol. The fourth-order valence-electron chi connectivity index (χ4n) is 4.18. The zero-order valence-electron chi connectivity index (χ0n) is 17.0. The van der Waals surface area contributed by atoms with Crippen molar-refractivity contribution in [3.63, 3.8) is 0 Å². The van der Waals surface area contributed by atoms with Crippen molar-refractivity contribution >= 4 is 17.5 Å². The third kappa shape index (κ3) is 3.09. The van der Waals surface area contributed by atoms with E-state index in [-0.39, 0.29) is 5.82 Å². The molecule has 8 heteroatoms. The lowest BCUT2D eigenvalue weighted by atomic mass is 9.94. The summed E-state index contributed by atoms with van der Waals surface area (Å²) in [4.78, 5) is 9.09. The van der Waals surface area contributed by atoms with Gasteiger partial charge in [-0.2, -0.15) is 4.98 Å². The van der Waals surface area contributed by atoms with Crippen LogP contribution >= 0.6 is 0 Å².